The number of hydrogen-bond donors (Lipinski definition) is 3. The normalized spacial score (nSPS) is 17.5. The Balaban J connectivity index is 1.78. The van der Waals surface area contributed by atoms with E-state index in [1.54, 1.807) is 0 Å². The van der Waals surface area contributed by atoms with Crippen LogP contribution in [0.25, 0.3) is 0 Å². The van der Waals surface area contributed by atoms with Crippen molar-refractivity contribution < 1.29 is 19.7 Å². The third-order valence-electron chi connectivity index (χ3n) is 4.59. The van der Waals surface area contributed by atoms with E-state index in [0.717, 1.165) is 43.2 Å². The number of carbonyl (C=O) groups is 1. The molecule has 5 heteroatoms. The summed E-state index contributed by atoms with van der Waals surface area (Å²) in [5.41, 5.74) is 0.953. The van der Waals surface area contributed by atoms with Crippen LogP contribution in [0.4, 0.5) is 4.79 Å². The molecule has 0 aliphatic heterocycles. The summed E-state index contributed by atoms with van der Waals surface area (Å²) in [6, 6.07) is 7.83. The molecule has 1 aromatic carbocycles. The van der Waals surface area contributed by atoms with Gasteiger partial charge >= 0.3 is 6.09 Å². The van der Waals surface area contributed by atoms with Crippen LogP contribution in [0.5, 0.6) is 0 Å². The van der Waals surface area contributed by atoms with Crippen molar-refractivity contribution in [3.63, 3.8) is 0 Å². The van der Waals surface area contributed by atoms with Crippen LogP contribution in [-0.2, 0) is 11.2 Å². The number of carbonyl (C=O) groups excluding carboxylic acids is 1. The summed E-state index contributed by atoms with van der Waals surface area (Å²) in [6.45, 7) is 5.78. The lowest BCUT2D eigenvalue weighted by Crippen LogP contribution is -2.37. The fourth-order valence-corrected chi connectivity index (χ4v) is 2.96. The SMILES string of the molecule is CC(C)(C)OC(=O)NCCC(O)c1cccc(CCC2(O)CCC2)c1. The Morgan fingerprint density at radius 2 is 2.08 bits per heavy atom. The Morgan fingerprint density at radius 1 is 1.36 bits per heavy atom. The lowest BCUT2D eigenvalue weighted by molar-refractivity contribution is -0.0397. The number of alkyl carbamates (subject to hydrolysis) is 1. The first-order valence-electron chi connectivity index (χ1n) is 9.13. The molecule has 1 unspecified atom stereocenters. The quantitative estimate of drug-likeness (QED) is 0.704. The molecular formula is C20H31NO4. The Bertz CT molecular complexity index is 575. The number of ether oxygens (including phenoxy) is 1. The van der Waals surface area contributed by atoms with Crippen molar-refractivity contribution in [3.05, 3.63) is 35.4 Å². The number of nitrogens with one attached hydrogen (secondary N) is 1. The van der Waals surface area contributed by atoms with Crippen LogP contribution in [-0.4, -0.2) is 34.1 Å². The topological polar surface area (TPSA) is 78.8 Å². The van der Waals surface area contributed by atoms with E-state index in [-0.39, 0.29) is 0 Å². The molecule has 1 aliphatic carbocycles. The molecule has 0 spiro atoms. The van der Waals surface area contributed by atoms with Crippen LogP contribution in [0.3, 0.4) is 0 Å². The lowest BCUT2D eigenvalue weighted by Gasteiger charge is -2.36. The van der Waals surface area contributed by atoms with E-state index < -0.39 is 23.4 Å². The Kier molecular flexibility index (Phi) is 6.47. The summed E-state index contributed by atoms with van der Waals surface area (Å²) in [4.78, 5) is 11.6. The van der Waals surface area contributed by atoms with Gasteiger partial charge in [-0.3, -0.25) is 0 Å². The number of hydrogen-bond acceptors (Lipinski definition) is 4. The van der Waals surface area contributed by atoms with Gasteiger partial charge in [0.25, 0.3) is 0 Å². The highest BCUT2D eigenvalue weighted by atomic mass is 16.6. The lowest BCUT2D eigenvalue weighted by atomic mass is 9.76. The van der Waals surface area contributed by atoms with Crippen molar-refractivity contribution in [1.82, 2.24) is 5.32 Å². The van der Waals surface area contributed by atoms with Crippen LogP contribution < -0.4 is 5.32 Å². The first-order chi connectivity index (χ1) is 11.7. The van der Waals surface area contributed by atoms with E-state index in [1.807, 2.05) is 45.0 Å². The van der Waals surface area contributed by atoms with E-state index in [2.05, 4.69) is 5.32 Å². The van der Waals surface area contributed by atoms with E-state index in [1.165, 1.54) is 0 Å². The van der Waals surface area contributed by atoms with Crippen molar-refractivity contribution in [2.24, 2.45) is 0 Å². The number of amides is 1. The van der Waals surface area contributed by atoms with Gasteiger partial charge in [0, 0.05) is 6.54 Å². The van der Waals surface area contributed by atoms with E-state index in [0.29, 0.717) is 13.0 Å². The molecule has 1 atom stereocenters. The van der Waals surface area contributed by atoms with Gasteiger partial charge < -0.3 is 20.3 Å². The first-order valence-corrected chi connectivity index (χ1v) is 9.13. The summed E-state index contributed by atoms with van der Waals surface area (Å²) >= 11 is 0. The molecule has 0 aromatic heterocycles. The molecule has 0 bridgehead atoms. The summed E-state index contributed by atoms with van der Waals surface area (Å²) in [6.07, 6.45) is 3.80. The van der Waals surface area contributed by atoms with E-state index >= 15 is 0 Å². The zero-order chi connectivity index (χ0) is 18.5. The minimum Gasteiger partial charge on any atom is -0.444 e. The van der Waals surface area contributed by atoms with Crippen molar-refractivity contribution in [3.8, 4) is 0 Å². The number of aryl methyl sites for hydroxylation is 1. The highest BCUT2D eigenvalue weighted by molar-refractivity contribution is 5.67. The fourth-order valence-electron chi connectivity index (χ4n) is 2.96. The van der Waals surface area contributed by atoms with Gasteiger partial charge in [0.05, 0.1) is 11.7 Å². The Morgan fingerprint density at radius 3 is 2.68 bits per heavy atom. The predicted octanol–water partition coefficient (Wildman–Crippen LogP) is 3.48. The van der Waals surface area contributed by atoms with Gasteiger partial charge in [-0.2, -0.15) is 0 Å². The van der Waals surface area contributed by atoms with Gasteiger partial charge in [0.1, 0.15) is 5.60 Å². The molecule has 3 N–H and O–H groups in total. The number of benzene rings is 1. The predicted molar refractivity (Wildman–Crippen MR) is 97.4 cm³/mol. The minimum absolute atomic E-state index is 0.347. The summed E-state index contributed by atoms with van der Waals surface area (Å²) in [7, 11) is 0. The van der Waals surface area contributed by atoms with Crippen molar-refractivity contribution >= 4 is 6.09 Å². The molecule has 5 nitrogen and oxygen atoms in total. The Labute approximate surface area is 150 Å². The van der Waals surface area contributed by atoms with Crippen molar-refractivity contribution in [2.45, 2.75) is 76.6 Å². The smallest absolute Gasteiger partial charge is 0.407 e. The molecule has 25 heavy (non-hydrogen) atoms. The van der Waals surface area contributed by atoms with Crippen molar-refractivity contribution in [2.75, 3.05) is 6.54 Å². The number of aliphatic hydroxyl groups is 2. The molecule has 1 fully saturated rings. The van der Waals surface area contributed by atoms with Crippen LogP contribution in [0.15, 0.2) is 24.3 Å². The van der Waals surface area contributed by atoms with Gasteiger partial charge in [-0.25, -0.2) is 4.79 Å². The molecule has 0 radical (unpaired) electrons. The maximum atomic E-state index is 11.6. The van der Waals surface area contributed by atoms with Crippen LogP contribution in [0, 0.1) is 0 Å². The average molecular weight is 349 g/mol. The summed E-state index contributed by atoms with van der Waals surface area (Å²) in [5, 5.41) is 23.2. The first kappa shape index (κ1) is 19.7. The maximum absolute atomic E-state index is 11.6. The Hall–Kier alpha value is -1.59. The monoisotopic (exact) mass is 349 g/mol. The van der Waals surface area contributed by atoms with E-state index in [9.17, 15) is 15.0 Å². The molecule has 0 saturated heterocycles. The third kappa shape index (κ3) is 6.67. The van der Waals surface area contributed by atoms with Crippen LogP contribution in [0.1, 0.15) is 70.1 Å². The second-order valence-corrected chi connectivity index (χ2v) is 8.06. The van der Waals surface area contributed by atoms with E-state index in [4.69, 9.17) is 4.74 Å². The third-order valence-corrected chi connectivity index (χ3v) is 4.59. The molecule has 1 saturated carbocycles. The van der Waals surface area contributed by atoms with Gasteiger partial charge in [0.15, 0.2) is 0 Å². The second-order valence-electron chi connectivity index (χ2n) is 8.06. The zero-order valence-electron chi connectivity index (χ0n) is 15.5. The number of aliphatic hydroxyl groups excluding tert-OH is 1. The average Bonchev–Trinajstić information content (AvgIpc) is 2.49. The molecule has 1 amide bonds. The molecule has 140 valence electrons. The zero-order valence-corrected chi connectivity index (χ0v) is 15.5. The molecular weight excluding hydrogens is 318 g/mol. The molecule has 1 aromatic rings. The van der Waals surface area contributed by atoms with Crippen LogP contribution >= 0.6 is 0 Å². The fraction of sp³-hybridized carbons (Fsp3) is 0.650. The highest BCUT2D eigenvalue weighted by Gasteiger charge is 2.33. The van der Waals surface area contributed by atoms with Gasteiger partial charge in [0.2, 0.25) is 0 Å². The van der Waals surface area contributed by atoms with Gasteiger partial charge in [-0.15, -0.1) is 0 Å². The highest BCUT2D eigenvalue weighted by Crippen LogP contribution is 2.35. The van der Waals surface area contributed by atoms with Gasteiger partial charge in [-0.05, 0) is 70.4 Å². The summed E-state index contributed by atoms with van der Waals surface area (Å²) in [5.74, 6) is 0. The number of rotatable bonds is 7. The minimum atomic E-state index is -0.637. The maximum Gasteiger partial charge on any atom is 0.407 e. The second kappa shape index (κ2) is 8.19. The van der Waals surface area contributed by atoms with Gasteiger partial charge in [-0.1, -0.05) is 24.3 Å². The summed E-state index contributed by atoms with van der Waals surface area (Å²) < 4.78 is 5.17. The van der Waals surface area contributed by atoms with Crippen LogP contribution in [0.2, 0.25) is 0 Å². The molecule has 0 heterocycles. The largest absolute Gasteiger partial charge is 0.444 e. The molecule has 1 aliphatic rings. The van der Waals surface area contributed by atoms with Crippen molar-refractivity contribution in [1.29, 1.82) is 0 Å². The molecule has 2 rings (SSSR count). The standard InChI is InChI=1S/C20H31NO4/c1-19(2,3)25-18(23)21-13-9-17(22)16-7-4-6-15(14-16)8-12-20(24)10-5-11-20/h4,6-7,14,17,22,24H,5,8-13H2,1-3H3,(H,21,23).